The summed E-state index contributed by atoms with van der Waals surface area (Å²) in [6.45, 7) is 0. The second-order valence-electron chi connectivity index (χ2n) is 4.37. The van der Waals surface area contributed by atoms with E-state index < -0.39 is 0 Å². The van der Waals surface area contributed by atoms with Gasteiger partial charge in [-0.2, -0.15) is 0 Å². The van der Waals surface area contributed by atoms with Crippen molar-refractivity contribution in [1.29, 1.82) is 0 Å². The monoisotopic (exact) mass is 250 g/mol. The van der Waals surface area contributed by atoms with Gasteiger partial charge in [-0.3, -0.25) is 0 Å². The fourth-order valence-electron chi connectivity index (χ4n) is 2.17. The van der Waals surface area contributed by atoms with Crippen LogP contribution in [0.1, 0.15) is 5.56 Å². The molecule has 0 aliphatic rings. The van der Waals surface area contributed by atoms with Gasteiger partial charge in [0.05, 0.1) is 0 Å². The van der Waals surface area contributed by atoms with Gasteiger partial charge in [0.1, 0.15) is 0 Å². The Balaban J connectivity index is 1.87. The summed E-state index contributed by atoms with van der Waals surface area (Å²) in [4.78, 5) is 0. The maximum Gasteiger partial charge on any atom is -0.00600 e. The van der Waals surface area contributed by atoms with Crippen molar-refractivity contribution in [1.82, 2.24) is 0 Å². The molecule has 0 spiro atoms. The van der Waals surface area contributed by atoms with Crippen LogP contribution < -0.4 is 5.30 Å². The Kier molecular flexibility index (Phi) is 3.39. The third-order valence-electron chi connectivity index (χ3n) is 3.12. The molecule has 0 radical (unpaired) electrons. The van der Waals surface area contributed by atoms with E-state index in [2.05, 4.69) is 72.8 Å². The highest BCUT2D eigenvalue weighted by Crippen LogP contribution is 2.23. The lowest BCUT2D eigenvalue weighted by Gasteiger charge is -2.06. The molecule has 1 atom stereocenters. The summed E-state index contributed by atoms with van der Waals surface area (Å²) in [7, 11) is 0.836. The Morgan fingerprint density at radius 2 is 1.39 bits per heavy atom. The molecule has 0 nitrogen and oxygen atoms in total. The van der Waals surface area contributed by atoms with E-state index in [-0.39, 0.29) is 0 Å². The molecule has 3 aromatic rings. The summed E-state index contributed by atoms with van der Waals surface area (Å²) in [5, 5.41) is 4.21. The van der Waals surface area contributed by atoms with Crippen molar-refractivity contribution in [3.63, 3.8) is 0 Å². The first kappa shape index (κ1) is 11.4. The van der Waals surface area contributed by atoms with E-state index in [9.17, 15) is 0 Å². The SMILES string of the molecule is c1ccc(CPc2cccc3ccccc23)cc1. The Morgan fingerprint density at radius 3 is 2.28 bits per heavy atom. The molecule has 0 saturated heterocycles. The summed E-state index contributed by atoms with van der Waals surface area (Å²) in [6.07, 6.45) is 1.13. The van der Waals surface area contributed by atoms with Gasteiger partial charge >= 0.3 is 0 Å². The van der Waals surface area contributed by atoms with Crippen molar-refractivity contribution in [2.75, 3.05) is 0 Å². The molecule has 0 saturated carbocycles. The lowest BCUT2D eigenvalue weighted by Crippen LogP contribution is -1.96. The van der Waals surface area contributed by atoms with Crippen LogP contribution in [-0.4, -0.2) is 0 Å². The van der Waals surface area contributed by atoms with E-state index in [4.69, 9.17) is 0 Å². The van der Waals surface area contributed by atoms with Gasteiger partial charge in [0, 0.05) is 0 Å². The van der Waals surface area contributed by atoms with Crippen LogP contribution >= 0.6 is 8.58 Å². The van der Waals surface area contributed by atoms with Gasteiger partial charge < -0.3 is 0 Å². The van der Waals surface area contributed by atoms with Crippen LogP contribution in [0.4, 0.5) is 0 Å². The standard InChI is InChI=1S/C17H15P/c1-2-7-14(8-3-1)13-18-17-12-6-10-15-9-4-5-11-16(15)17/h1-12,18H,13H2. The minimum absolute atomic E-state index is 0.836. The van der Waals surface area contributed by atoms with Crippen LogP contribution in [0, 0.1) is 0 Å². The van der Waals surface area contributed by atoms with E-state index in [0.717, 1.165) is 14.7 Å². The van der Waals surface area contributed by atoms with Gasteiger partial charge in [0.15, 0.2) is 0 Å². The molecule has 1 unspecified atom stereocenters. The first-order valence-electron chi connectivity index (χ1n) is 6.19. The van der Waals surface area contributed by atoms with Crippen molar-refractivity contribution in [3.8, 4) is 0 Å². The van der Waals surface area contributed by atoms with Crippen molar-refractivity contribution in [2.45, 2.75) is 6.16 Å². The van der Waals surface area contributed by atoms with Crippen LogP contribution in [-0.2, 0) is 6.16 Å². The van der Waals surface area contributed by atoms with Gasteiger partial charge in [0.25, 0.3) is 0 Å². The van der Waals surface area contributed by atoms with Crippen LogP contribution in [0.15, 0.2) is 72.8 Å². The summed E-state index contributed by atoms with van der Waals surface area (Å²) < 4.78 is 0. The van der Waals surface area contributed by atoms with E-state index in [1.165, 1.54) is 21.6 Å². The summed E-state index contributed by atoms with van der Waals surface area (Å²) >= 11 is 0. The summed E-state index contributed by atoms with van der Waals surface area (Å²) in [5.41, 5.74) is 1.42. The van der Waals surface area contributed by atoms with E-state index in [0.29, 0.717) is 0 Å². The lowest BCUT2D eigenvalue weighted by molar-refractivity contribution is 1.41. The van der Waals surface area contributed by atoms with Gasteiger partial charge in [-0.05, 0) is 27.8 Å². The highest BCUT2D eigenvalue weighted by atomic mass is 31.1. The van der Waals surface area contributed by atoms with Crippen molar-refractivity contribution >= 4 is 24.7 Å². The Labute approximate surface area is 109 Å². The minimum atomic E-state index is 0.836. The van der Waals surface area contributed by atoms with Gasteiger partial charge in [0.2, 0.25) is 0 Å². The number of hydrogen-bond donors (Lipinski definition) is 0. The van der Waals surface area contributed by atoms with E-state index in [1.807, 2.05) is 0 Å². The van der Waals surface area contributed by atoms with Crippen molar-refractivity contribution < 1.29 is 0 Å². The van der Waals surface area contributed by atoms with Crippen LogP contribution in [0.5, 0.6) is 0 Å². The van der Waals surface area contributed by atoms with E-state index >= 15 is 0 Å². The maximum atomic E-state index is 2.25. The molecule has 1 heteroatoms. The molecule has 3 rings (SSSR count). The molecular weight excluding hydrogens is 235 g/mol. The Hall–Kier alpha value is -1.65. The number of rotatable bonds is 3. The third-order valence-corrected chi connectivity index (χ3v) is 4.52. The Morgan fingerprint density at radius 1 is 0.667 bits per heavy atom. The second kappa shape index (κ2) is 5.33. The molecule has 18 heavy (non-hydrogen) atoms. The first-order chi connectivity index (χ1) is 8.93. The lowest BCUT2D eigenvalue weighted by atomic mass is 10.1. The zero-order chi connectivity index (χ0) is 12.2. The second-order valence-corrected chi connectivity index (χ2v) is 5.61. The predicted molar refractivity (Wildman–Crippen MR) is 82.0 cm³/mol. The fourth-order valence-corrected chi connectivity index (χ4v) is 3.44. The van der Waals surface area contributed by atoms with Crippen LogP contribution in [0.2, 0.25) is 0 Å². The van der Waals surface area contributed by atoms with Gasteiger partial charge in [-0.15, -0.1) is 0 Å². The van der Waals surface area contributed by atoms with Crippen LogP contribution in [0.25, 0.3) is 10.8 Å². The Bertz CT molecular complexity index is 639. The molecule has 0 bridgehead atoms. The average Bonchev–Trinajstić information content (AvgIpc) is 2.46. The fraction of sp³-hybridized carbons (Fsp3) is 0.0588. The molecule has 0 aromatic heterocycles. The van der Waals surface area contributed by atoms with Crippen molar-refractivity contribution in [2.24, 2.45) is 0 Å². The third kappa shape index (κ3) is 2.44. The predicted octanol–water partition coefficient (Wildman–Crippen LogP) is 4.34. The van der Waals surface area contributed by atoms with Crippen LogP contribution in [0.3, 0.4) is 0 Å². The molecular formula is C17H15P. The molecule has 0 N–H and O–H groups in total. The highest BCUT2D eigenvalue weighted by Gasteiger charge is 2.00. The number of hydrogen-bond acceptors (Lipinski definition) is 0. The first-order valence-corrected chi connectivity index (χ1v) is 7.40. The molecule has 0 amide bonds. The maximum absolute atomic E-state index is 2.25. The summed E-state index contributed by atoms with van der Waals surface area (Å²) in [6, 6.07) is 26.0. The zero-order valence-corrected chi connectivity index (χ0v) is 11.1. The smallest absolute Gasteiger partial charge is 0.00600 e. The van der Waals surface area contributed by atoms with Gasteiger partial charge in [-0.25, -0.2) is 0 Å². The van der Waals surface area contributed by atoms with Gasteiger partial charge in [-0.1, -0.05) is 81.4 Å². The molecule has 0 heterocycles. The quantitative estimate of drug-likeness (QED) is 0.606. The molecule has 0 aliphatic carbocycles. The van der Waals surface area contributed by atoms with Crippen molar-refractivity contribution in [3.05, 3.63) is 78.4 Å². The topological polar surface area (TPSA) is 0 Å². The molecule has 0 fully saturated rings. The summed E-state index contributed by atoms with van der Waals surface area (Å²) in [5.74, 6) is 0. The normalized spacial score (nSPS) is 11.3. The zero-order valence-electron chi connectivity index (χ0n) is 10.1. The molecule has 88 valence electrons. The largest absolute Gasteiger partial charge is 0.0852 e. The average molecular weight is 250 g/mol. The molecule has 0 aliphatic heterocycles. The highest BCUT2D eigenvalue weighted by molar-refractivity contribution is 7.47. The minimum Gasteiger partial charge on any atom is -0.0852 e. The number of benzene rings is 3. The number of fused-ring (bicyclic) bond motifs is 1. The van der Waals surface area contributed by atoms with E-state index in [1.54, 1.807) is 0 Å². The molecule has 3 aromatic carbocycles.